The molecule has 0 heterocycles. The summed E-state index contributed by atoms with van der Waals surface area (Å²) in [4.78, 5) is 11.2. The van der Waals surface area contributed by atoms with Gasteiger partial charge < -0.3 is 10.2 Å². The number of carboxylic acids is 1. The predicted molar refractivity (Wildman–Crippen MR) is 69.3 cm³/mol. The highest BCUT2D eigenvalue weighted by Gasteiger charge is 2.38. The Morgan fingerprint density at radius 1 is 1.33 bits per heavy atom. The molecule has 0 saturated heterocycles. The second-order valence-electron chi connectivity index (χ2n) is 5.34. The molecule has 1 aromatic rings. The largest absolute Gasteiger partial charge is 0.481 e. The van der Waals surface area contributed by atoms with E-state index in [9.17, 15) is 15.0 Å². The van der Waals surface area contributed by atoms with Gasteiger partial charge in [0.25, 0.3) is 0 Å². The van der Waals surface area contributed by atoms with Gasteiger partial charge in [0.2, 0.25) is 0 Å². The second-order valence-corrected chi connectivity index (χ2v) is 5.34. The van der Waals surface area contributed by atoms with E-state index in [2.05, 4.69) is 0 Å². The Morgan fingerprint density at radius 3 is 2.67 bits per heavy atom. The average molecular weight is 248 g/mol. The van der Waals surface area contributed by atoms with Crippen molar-refractivity contribution in [2.45, 2.75) is 39.2 Å². The summed E-state index contributed by atoms with van der Waals surface area (Å²) in [7, 11) is 0. The van der Waals surface area contributed by atoms with Crippen molar-refractivity contribution in [2.24, 2.45) is 11.8 Å². The molecule has 2 N–H and O–H groups in total. The molecule has 1 saturated carbocycles. The normalized spacial score (nSPS) is 25.1. The fraction of sp³-hybridized carbons (Fsp3) is 0.533. The van der Waals surface area contributed by atoms with Crippen LogP contribution in [0.5, 0.6) is 0 Å². The first kappa shape index (κ1) is 13.1. The lowest BCUT2D eigenvalue weighted by Gasteiger charge is -2.24. The van der Waals surface area contributed by atoms with E-state index in [1.54, 1.807) is 0 Å². The summed E-state index contributed by atoms with van der Waals surface area (Å²) in [5.41, 5.74) is 3.07. The monoisotopic (exact) mass is 248 g/mol. The molecule has 0 radical (unpaired) electrons. The zero-order chi connectivity index (χ0) is 13.3. The highest BCUT2D eigenvalue weighted by Crippen LogP contribution is 2.41. The molecule has 3 heteroatoms. The first-order valence-corrected chi connectivity index (χ1v) is 6.48. The number of aliphatic hydroxyl groups excluding tert-OH is 1. The third-order valence-corrected chi connectivity index (χ3v) is 4.04. The smallest absolute Gasteiger partial charge is 0.306 e. The summed E-state index contributed by atoms with van der Waals surface area (Å²) in [5.74, 6) is -1.33. The number of benzene rings is 1. The molecule has 0 amide bonds. The number of aliphatic hydroxyl groups is 1. The molecule has 0 aromatic heterocycles. The van der Waals surface area contributed by atoms with E-state index in [0.717, 1.165) is 29.5 Å². The third kappa shape index (κ3) is 2.41. The Kier molecular flexibility index (Phi) is 3.71. The first-order valence-electron chi connectivity index (χ1n) is 6.48. The number of carboxylic acid groups (broad SMARTS) is 1. The van der Waals surface area contributed by atoms with Crippen molar-refractivity contribution in [3.8, 4) is 0 Å². The summed E-state index contributed by atoms with van der Waals surface area (Å²) in [6, 6.07) is 5.92. The van der Waals surface area contributed by atoms with Gasteiger partial charge in [0.1, 0.15) is 0 Å². The maximum Gasteiger partial charge on any atom is 0.306 e. The van der Waals surface area contributed by atoms with Gasteiger partial charge in [-0.15, -0.1) is 0 Å². The molecular formula is C15H20O3. The Balaban J connectivity index is 2.25. The quantitative estimate of drug-likeness (QED) is 0.864. The summed E-state index contributed by atoms with van der Waals surface area (Å²) in [6.45, 7) is 3.98. The van der Waals surface area contributed by atoms with Gasteiger partial charge in [0.15, 0.2) is 0 Å². The van der Waals surface area contributed by atoms with Gasteiger partial charge in [-0.25, -0.2) is 0 Å². The van der Waals surface area contributed by atoms with Crippen LogP contribution in [-0.2, 0) is 4.79 Å². The highest BCUT2D eigenvalue weighted by molar-refractivity contribution is 5.70. The Bertz CT molecular complexity index is 453. The molecule has 3 nitrogen and oxygen atoms in total. The zero-order valence-corrected chi connectivity index (χ0v) is 10.9. The van der Waals surface area contributed by atoms with Crippen LogP contribution in [0.4, 0.5) is 0 Å². The second kappa shape index (κ2) is 5.11. The third-order valence-electron chi connectivity index (χ3n) is 4.04. The van der Waals surface area contributed by atoms with Crippen LogP contribution in [0.15, 0.2) is 18.2 Å². The fourth-order valence-electron chi connectivity index (χ4n) is 3.06. The number of rotatable bonds is 3. The van der Waals surface area contributed by atoms with Crippen LogP contribution in [-0.4, -0.2) is 16.2 Å². The average Bonchev–Trinajstić information content (AvgIpc) is 2.77. The lowest BCUT2D eigenvalue weighted by molar-refractivity contribution is -0.144. The maximum absolute atomic E-state index is 11.2. The van der Waals surface area contributed by atoms with E-state index in [1.165, 1.54) is 0 Å². The van der Waals surface area contributed by atoms with Gasteiger partial charge in [-0.05, 0) is 37.8 Å². The SMILES string of the molecule is Cc1ccc(C(O)C2CCCC2C(=O)O)c(C)c1. The van der Waals surface area contributed by atoms with E-state index in [1.807, 2.05) is 32.0 Å². The Morgan fingerprint density at radius 2 is 2.06 bits per heavy atom. The first-order chi connectivity index (χ1) is 8.50. The van der Waals surface area contributed by atoms with Gasteiger partial charge >= 0.3 is 5.97 Å². The number of hydrogen-bond acceptors (Lipinski definition) is 2. The number of carbonyl (C=O) groups is 1. The molecule has 1 aromatic carbocycles. The highest BCUT2D eigenvalue weighted by atomic mass is 16.4. The van der Waals surface area contributed by atoms with Crippen molar-refractivity contribution in [3.05, 3.63) is 34.9 Å². The summed E-state index contributed by atoms with van der Waals surface area (Å²) in [5, 5.41) is 19.6. The number of aryl methyl sites for hydroxylation is 2. The minimum atomic E-state index is -0.777. The van der Waals surface area contributed by atoms with Gasteiger partial charge in [-0.2, -0.15) is 0 Å². The van der Waals surface area contributed by atoms with Gasteiger partial charge in [0.05, 0.1) is 12.0 Å². The molecule has 0 bridgehead atoms. The maximum atomic E-state index is 11.2. The summed E-state index contributed by atoms with van der Waals surface area (Å²) in [6.07, 6.45) is 1.71. The minimum absolute atomic E-state index is 0.149. The molecule has 3 atom stereocenters. The summed E-state index contributed by atoms with van der Waals surface area (Å²) >= 11 is 0. The van der Waals surface area contributed by atoms with Crippen LogP contribution in [0.2, 0.25) is 0 Å². The van der Waals surface area contributed by atoms with Crippen molar-refractivity contribution < 1.29 is 15.0 Å². The van der Waals surface area contributed by atoms with Crippen LogP contribution in [0, 0.1) is 25.7 Å². The van der Waals surface area contributed by atoms with Gasteiger partial charge in [-0.3, -0.25) is 4.79 Å². The van der Waals surface area contributed by atoms with Crippen LogP contribution in [0.25, 0.3) is 0 Å². The Labute approximate surface area is 107 Å². The Hall–Kier alpha value is -1.35. The molecule has 18 heavy (non-hydrogen) atoms. The molecule has 1 aliphatic carbocycles. The molecule has 98 valence electrons. The fourth-order valence-corrected chi connectivity index (χ4v) is 3.06. The molecule has 3 unspecified atom stereocenters. The molecule has 1 aliphatic rings. The van der Waals surface area contributed by atoms with Crippen LogP contribution in [0.1, 0.15) is 42.1 Å². The van der Waals surface area contributed by atoms with E-state index in [-0.39, 0.29) is 5.92 Å². The number of aliphatic carboxylic acids is 1. The summed E-state index contributed by atoms with van der Waals surface area (Å²) < 4.78 is 0. The lowest BCUT2D eigenvalue weighted by Crippen LogP contribution is -2.24. The van der Waals surface area contributed by atoms with Crippen molar-refractivity contribution in [2.75, 3.05) is 0 Å². The van der Waals surface area contributed by atoms with Crippen molar-refractivity contribution >= 4 is 5.97 Å². The zero-order valence-electron chi connectivity index (χ0n) is 10.9. The standard InChI is InChI=1S/C15H20O3/c1-9-6-7-11(10(2)8-9)14(16)12-4-3-5-13(12)15(17)18/h6-8,12-14,16H,3-5H2,1-2H3,(H,17,18). The lowest BCUT2D eigenvalue weighted by atomic mass is 9.85. The minimum Gasteiger partial charge on any atom is -0.481 e. The van der Waals surface area contributed by atoms with Crippen molar-refractivity contribution in [3.63, 3.8) is 0 Å². The van der Waals surface area contributed by atoms with Gasteiger partial charge in [0, 0.05) is 5.92 Å². The molecule has 1 fully saturated rings. The molecule has 2 rings (SSSR count). The van der Waals surface area contributed by atoms with E-state index < -0.39 is 18.0 Å². The van der Waals surface area contributed by atoms with E-state index >= 15 is 0 Å². The van der Waals surface area contributed by atoms with Crippen molar-refractivity contribution in [1.29, 1.82) is 0 Å². The topological polar surface area (TPSA) is 57.5 Å². The van der Waals surface area contributed by atoms with Crippen molar-refractivity contribution in [1.82, 2.24) is 0 Å². The van der Waals surface area contributed by atoms with E-state index in [0.29, 0.717) is 6.42 Å². The number of hydrogen-bond donors (Lipinski definition) is 2. The molecule has 0 spiro atoms. The van der Waals surface area contributed by atoms with Gasteiger partial charge in [-0.1, -0.05) is 30.2 Å². The molecule has 0 aliphatic heterocycles. The predicted octanol–water partition coefficient (Wildman–Crippen LogP) is 2.84. The molecular weight excluding hydrogens is 228 g/mol. The van der Waals surface area contributed by atoms with Crippen LogP contribution in [0.3, 0.4) is 0 Å². The van der Waals surface area contributed by atoms with Crippen LogP contribution < -0.4 is 0 Å². The van der Waals surface area contributed by atoms with Crippen LogP contribution >= 0.6 is 0 Å². The van der Waals surface area contributed by atoms with E-state index in [4.69, 9.17) is 0 Å².